The lowest BCUT2D eigenvalue weighted by molar-refractivity contribution is -0.137. The van der Waals surface area contributed by atoms with Crippen LogP contribution >= 0.6 is 11.3 Å². The van der Waals surface area contributed by atoms with Gasteiger partial charge in [-0.1, -0.05) is 0 Å². The molecule has 2 rings (SSSR count). The van der Waals surface area contributed by atoms with Gasteiger partial charge in [-0.25, -0.2) is 4.98 Å². The van der Waals surface area contributed by atoms with Gasteiger partial charge in [-0.2, -0.15) is 0 Å². The van der Waals surface area contributed by atoms with Crippen molar-refractivity contribution in [2.24, 2.45) is 0 Å². The van der Waals surface area contributed by atoms with Crippen molar-refractivity contribution in [1.82, 2.24) is 14.9 Å². The highest BCUT2D eigenvalue weighted by Gasteiger charge is 2.12. The van der Waals surface area contributed by atoms with Gasteiger partial charge in [0.25, 0.3) is 5.56 Å². The summed E-state index contributed by atoms with van der Waals surface area (Å²) in [5.41, 5.74) is -0.173. The number of carboxylic acid groups (broad SMARTS) is 1. The van der Waals surface area contributed by atoms with Gasteiger partial charge in [0.15, 0.2) is 0 Å². The van der Waals surface area contributed by atoms with E-state index >= 15 is 0 Å². The number of rotatable bonds is 6. The Morgan fingerprint density at radius 3 is 3.00 bits per heavy atom. The third-order valence-electron chi connectivity index (χ3n) is 2.92. The number of amides is 1. The molecular weight excluding hydrogens is 294 g/mol. The van der Waals surface area contributed by atoms with Crippen molar-refractivity contribution in [3.63, 3.8) is 0 Å². The van der Waals surface area contributed by atoms with E-state index in [-0.39, 0.29) is 30.9 Å². The Kier molecular flexibility index (Phi) is 4.69. The number of carbonyl (C=O) groups is 2. The van der Waals surface area contributed by atoms with Crippen LogP contribution < -0.4 is 10.9 Å². The van der Waals surface area contributed by atoms with Crippen LogP contribution in [0.25, 0.3) is 10.2 Å². The first-order chi connectivity index (χ1) is 9.97. The molecule has 0 spiro atoms. The maximum atomic E-state index is 12.1. The zero-order valence-electron chi connectivity index (χ0n) is 11.4. The lowest BCUT2D eigenvalue weighted by atomic mass is 10.2. The minimum Gasteiger partial charge on any atom is -0.481 e. The number of thiophene rings is 1. The van der Waals surface area contributed by atoms with Gasteiger partial charge < -0.3 is 10.4 Å². The minimum absolute atomic E-state index is 0.0984. The molecule has 0 aliphatic heterocycles. The molecule has 21 heavy (non-hydrogen) atoms. The molecule has 7 nitrogen and oxygen atoms in total. The topological polar surface area (TPSA) is 101 Å². The van der Waals surface area contributed by atoms with E-state index in [4.69, 9.17) is 5.11 Å². The van der Waals surface area contributed by atoms with Crippen LogP contribution in [0.1, 0.15) is 19.8 Å². The normalized spacial score (nSPS) is 12.2. The molecule has 1 unspecified atom stereocenters. The van der Waals surface area contributed by atoms with Crippen LogP contribution in [0.4, 0.5) is 0 Å². The number of aromatic nitrogens is 2. The zero-order valence-corrected chi connectivity index (χ0v) is 12.2. The minimum atomic E-state index is -0.967. The van der Waals surface area contributed by atoms with Crippen LogP contribution in [0.3, 0.4) is 0 Å². The summed E-state index contributed by atoms with van der Waals surface area (Å²) in [4.78, 5) is 39.1. The van der Waals surface area contributed by atoms with Crippen molar-refractivity contribution >= 4 is 33.4 Å². The lowest BCUT2D eigenvalue weighted by Gasteiger charge is -2.11. The van der Waals surface area contributed by atoms with Crippen molar-refractivity contribution in [3.05, 3.63) is 28.1 Å². The number of nitrogens with one attached hydrogen (secondary N) is 1. The van der Waals surface area contributed by atoms with Crippen LogP contribution in [0, 0.1) is 0 Å². The smallest absolute Gasteiger partial charge is 0.305 e. The summed E-state index contributed by atoms with van der Waals surface area (Å²) in [5, 5.41) is 13.5. The molecule has 112 valence electrons. The number of carboxylic acids is 1. The number of aliphatic carboxylic acids is 1. The molecule has 1 amide bonds. The van der Waals surface area contributed by atoms with Crippen LogP contribution in [0.5, 0.6) is 0 Å². The fraction of sp³-hybridized carbons (Fsp3) is 0.385. The van der Waals surface area contributed by atoms with Crippen molar-refractivity contribution in [3.8, 4) is 0 Å². The summed E-state index contributed by atoms with van der Waals surface area (Å²) in [6.07, 6.45) is 1.39. The monoisotopic (exact) mass is 309 g/mol. The largest absolute Gasteiger partial charge is 0.481 e. The fourth-order valence-corrected chi connectivity index (χ4v) is 2.66. The number of carbonyl (C=O) groups excluding carboxylic acids is 1. The predicted octanol–water partition coefficient (Wildman–Crippen LogP) is 0.827. The first-order valence-corrected chi connectivity index (χ1v) is 7.29. The van der Waals surface area contributed by atoms with Crippen LogP contribution in [0.2, 0.25) is 0 Å². The predicted molar refractivity (Wildman–Crippen MR) is 78.4 cm³/mol. The van der Waals surface area contributed by atoms with Gasteiger partial charge in [-0.05, 0) is 18.4 Å². The van der Waals surface area contributed by atoms with Gasteiger partial charge >= 0.3 is 5.97 Å². The van der Waals surface area contributed by atoms with E-state index in [0.29, 0.717) is 10.2 Å². The van der Waals surface area contributed by atoms with Crippen molar-refractivity contribution in [1.29, 1.82) is 0 Å². The van der Waals surface area contributed by atoms with Crippen molar-refractivity contribution < 1.29 is 14.7 Å². The molecule has 2 heterocycles. The first kappa shape index (κ1) is 15.2. The molecule has 0 saturated carbocycles. The van der Waals surface area contributed by atoms with Crippen LogP contribution in [-0.4, -0.2) is 32.6 Å². The molecule has 0 aliphatic carbocycles. The number of fused-ring (bicyclic) bond motifs is 1. The molecule has 0 saturated heterocycles. The third kappa shape index (κ3) is 3.88. The van der Waals surface area contributed by atoms with E-state index in [1.807, 2.05) is 0 Å². The third-order valence-corrected chi connectivity index (χ3v) is 3.74. The van der Waals surface area contributed by atoms with E-state index in [1.54, 1.807) is 18.4 Å². The number of hydrogen-bond donors (Lipinski definition) is 2. The van der Waals surface area contributed by atoms with Crippen LogP contribution in [-0.2, 0) is 16.1 Å². The van der Waals surface area contributed by atoms with Gasteiger partial charge in [0.05, 0.1) is 18.1 Å². The average molecular weight is 309 g/mol. The number of nitrogens with zero attached hydrogens (tertiary/aromatic N) is 2. The molecule has 0 aromatic carbocycles. The van der Waals surface area contributed by atoms with Gasteiger partial charge in [0.2, 0.25) is 5.91 Å². The van der Waals surface area contributed by atoms with E-state index in [2.05, 4.69) is 10.3 Å². The second-order valence-corrected chi connectivity index (χ2v) is 5.59. The molecule has 2 aromatic rings. The van der Waals surface area contributed by atoms with E-state index < -0.39 is 12.0 Å². The molecule has 0 radical (unpaired) electrons. The molecule has 1 atom stereocenters. The fourth-order valence-electron chi connectivity index (χ4n) is 1.93. The number of aryl methyl sites for hydroxylation is 1. The quantitative estimate of drug-likeness (QED) is 0.823. The molecule has 8 heteroatoms. The Morgan fingerprint density at radius 2 is 2.29 bits per heavy atom. The maximum Gasteiger partial charge on any atom is 0.305 e. The Bertz CT molecular complexity index is 722. The Morgan fingerprint density at radius 1 is 1.52 bits per heavy atom. The van der Waals surface area contributed by atoms with E-state index in [9.17, 15) is 14.4 Å². The summed E-state index contributed by atoms with van der Waals surface area (Å²) < 4.78 is 1.39. The standard InChI is InChI=1S/C13H15N3O4S/c1-8(6-11(18)19)15-10(17)2-4-16-7-14-12-9(13(16)20)3-5-21-12/h3,5,7-8H,2,4,6H2,1H3,(H,15,17)(H,18,19). The molecule has 2 N–H and O–H groups in total. The number of hydrogen-bond acceptors (Lipinski definition) is 5. The van der Waals surface area contributed by atoms with E-state index in [1.165, 1.54) is 22.2 Å². The highest BCUT2D eigenvalue weighted by Crippen LogP contribution is 2.13. The maximum absolute atomic E-state index is 12.1. The summed E-state index contributed by atoms with van der Waals surface area (Å²) >= 11 is 1.39. The summed E-state index contributed by atoms with van der Waals surface area (Å²) in [6.45, 7) is 1.83. The summed E-state index contributed by atoms with van der Waals surface area (Å²) in [7, 11) is 0. The van der Waals surface area contributed by atoms with Crippen molar-refractivity contribution in [2.45, 2.75) is 32.4 Å². The molecule has 0 fully saturated rings. The van der Waals surface area contributed by atoms with Gasteiger partial charge in [-0.3, -0.25) is 19.0 Å². The summed E-state index contributed by atoms with van der Waals surface area (Å²) in [6, 6.07) is 1.27. The molecule has 2 aromatic heterocycles. The SMILES string of the molecule is CC(CC(=O)O)NC(=O)CCn1cnc2sccc2c1=O. The second kappa shape index (κ2) is 6.49. The highest BCUT2D eigenvalue weighted by molar-refractivity contribution is 7.16. The summed E-state index contributed by atoms with van der Waals surface area (Å²) in [5.74, 6) is -1.26. The molecule has 0 aliphatic rings. The van der Waals surface area contributed by atoms with Gasteiger partial charge in [0, 0.05) is 19.0 Å². The van der Waals surface area contributed by atoms with Gasteiger partial charge in [0.1, 0.15) is 4.83 Å². The first-order valence-electron chi connectivity index (χ1n) is 6.41. The van der Waals surface area contributed by atoms with Gasteiger partial charge in [-0.15, -0.1) is 11.3 Å². The molecular formula is C13H15N3O4S. The Balaban J connectivity index is 1.95. The Labute approximate surface area is 124 Å². The Hall–Kier alpha value is -2.22. The zero-order chi connectivity index (χ0) is 15.4. The van der Waals surface area contributed by atoms with Crippen LogP contribution in [0.15, 0.2) is 22.6 Å². The van der Waals surface area contributed by atoms with E-state index in [0.717, 1.165) is 0 Å². The van der Waals surface area contributed by atoms with Crippen molar-refractivity contribution in [2.75, 3.05) is 0 Å². The molecule has 0 bridgehead atoms. The highest BCUT2D eigenvalue weighted by atomic mass is 32.1. The second-order valence-electron chi connectivity index (χ2n) is 4.70. The lowest BCUT2D eigenvalue weighted by Crippen LogP contribution is -2.35. The average Bonchev–Trinajstić information content (AvgIpc) is 2.86.